The number of aryl methyl sites for hydroxylation is 1. The molecule has 134 valence electrons. The molecule has 0 amide bonds. The summed E-state index contributed by atoms with van der Waals surface area (Å²) in [7, 11) is -3.58. The molecule has 0 aliphatic carbocycles. The second-order valence-corrected chi connectivity index (χ2v) is 7.75. The first-order valence-corrected chi connectivity index (χ1v) is 10.2. The van der Waals surface area contributed by atoms with E-state index in [1.54, 1.807) is 26.0 Å². The number of hydrogen-bond acceptors (Lipinski definition) is 4. The van der Waals surface area contributed by atoms with Crippen molar-refractivity contribution in [2.45, 2.75) is 32.3 Å². The summed E-state index contributed by atoms with van der Waals surface area (Å²) in [6.07, 6.45) is 0.884. The van der Waals surface area contributed by atoms with E-state index in [4.69, 9.17) is 9.05 Å². The minimum atomic E-state index is -3.58. The molecule has 2 rings (SSSR count). The molecule has 5 heteroatoms. The average molecular weight is 360 g/mol. The topological polar surface area (TPSA) is 52.6 Å². The molecule has 0 N–H and O–H groups in total. The average Bonchev–Trinajstić information content (AvgIpc) is 2.62. The van der Waals surface area contributed by atoms with Gasteiger partial charge in [0.2, 0.25) is 0 Å². The molecule has 0 saturated heterocycles. The van der Waals surface area contributed by atoms with Gasteiger partial charge in [0.25, 0.3) is 0 Å². The molecule has 1 unspecified atom stereocenters. The Labute approximate surface area is 149 Å². The molecule has 0 aromatic heterocycles. The van der Waals surface area contributed by atoms with E-state index in [9.17, 15) is 9.36 Å². The van der Waals surface area contributed by atoms with Crippen LogP contribution in [0.1, 0.15) is 37.1 Å². The first-order valence-electron chi connectivity index (χ1n) is 8.61. The van der Waals surface area contributed by atoms with Crippen LogP contribution in [-0.4, -0.2) is 19.0 Å². The minimum Gasteiger partial charge on any atom is -0.308 e. The zero-order chi connectivity index (χ0) is 18.1. The lowest BCUT2D eigenvalue weighted by Gasteiger charge is -2.25. The Morgan fingerprint density at radius 1 is 0.920 bits per heavy atom. The van der Waals surface area contributed by atoms with Crippen LogP contribution < -0.4 is 0 Å². The van der Waals surface area contributed by atoms with E-state index < -0.39 is 13.3 Å². The lowest BCUT2D eigenvalue weighted by Crippen LogP contribution is -2.17. The van der Waals surface area contributed by atoms with Crippen molar-refractivity contribution in [3.63, 3.8) is 0 Å². The minimum absolute atomic E-state index is 0.125. The summed E-state index contributed by atoms with van der Waals surface area (Å²) in [4.78, 5) is 13.0. The summed E-state index contributed by atoms with van der Waals surface area (Å²) in [5, 5.41) is 0. The van der Waals surface area contributed by atoms with Gasteiger partial charge in [0.1, 0.15) is 5.66 Å². The molecule has 4 nitrogen and oxygen atoms in total. The number of carbonyl (C=O) groups excluding carboxylic acids is 1. The standard InChI is InChI=1S/C20H25O4P/c1-3-23-25(22,24-4-2)20(18-13-9-6-10-14-18)19(21)16-15-17-11-7-5-8-12-17/h5-14,20H,3-4,15-16H2,1-2H3. The molecular weight excluding hydrogens is 335 g/mol. The van der Waals surface area contributed by atoms with E-state index >= 15 is 0 Å². The Morgan fingerprint density at radius 3 is 1.96 bits per heavy atom. The van der Waals surface area contributed by atoms with Crippen molar-refractivity contribution in [1.29, 1.82) is 0 Å². The summed E-state index contributed by atoms with van der Waals surface area (Å²) in [6, 6.07) is 18.9. The van der Waals surface area contributed by atoms with Crippen LogP contribution in [0.5, 0.6) is 0 Å². The van der Waals surface area contributed by atoms with E-state index in [0.29, 0.717) is 12.0 Å². The van der Waals surface area contributed by atoms with Crippen molar-refractivity contribution in [3.8, 4) is 0 Å². The fraction of sp³-hybridized carbons (Fsp3) is 0.350. The second-order valence-electron chi connectivity index (χ2n) is 5.64. The first-order chi connectivity index (χ1) is 12.1. The summed E-state index contributed by atoms with van der Waals surface area (Å²) < 4.78 is 24.2. The van der Waals surface area contributed by atoms with Crippen LogP contribution in [0.2, 0.25) is 0 Å². The Morgan fingerprint density at radius 2 is 1.44 bits per heavy atom. The van der Waals surface area contributed by atoms with Crippen LogP contribution in [0.15, 0.2) is 60.7 Å². The molecule has 0 spiro atoms. The molecule has 2 aromatic rings. The summed E-state index contributed by atoms with van der Waals surface area (Å²) >= 11 is 0. The van der Waals surface area contributed by atoms with Crippen LogP contribution in [0.4, 0.5) is 0 Å². The van der Waals surface area contributed by atoms with Gasteiger partial charge >= 0.3 is 7.60 Å². The lowest BCUT2D eigenvalue weighted by molar-refractivity contribution is -0.119. The van der Waals surface area contributed by atoms with Crippen molar-refractivity contribution >= 4 is 13.4 Å². The van der Waals surface area contributed by atoms with Crippen molar-refractivity contribution in [3.05, 3.63) is 71.8 Å². The second kappa shape index (κ2) is 9.67. The van der Waals surface area contributed by atoms with Crippen LogP contribution >= 0.6 is 7.60 Å². The van der Waals surface area contributed by atoms with Gasteiger partial charge in [0.15, 0.2) is 5.78 Å². The maximum atomic E-state index is 13.3. The Kier molecular flexibility index (Phi) is 7.57. The van der Waals surface area contributed by atoms with Gasteiger partial charge in [0, 0.05) is 6.42 Å². The monoisotopic (exact) mass is 360 g/mol. The molecule has 2 aromatic carbocycles. The third kappa shape index (κ3) is 5.37. The Hall–Kier alpha value is -1.74. The van der Waals surface area contributed by atoms with Crippen molar-refractivity contribution < 1.29 is 18.4 Å². The molecule has 0 fully saturated rings. The third-order valence-electron chi connectivity index (χ3n) is 3.86. The van der Waals surface area contributed by atoms with Crippen molar-refractivity contribution in [2.24, 2.45) is 0 Å². The van der Waals surface area contributed by atoms with E-state index in [1.807, 2.05) is 48.5 Å². The predicted octanol–water partition coefficient (Wildman–Crippen LogP) is 5.20. The molecule has 0 bridgehead atoms. The summed E-state index contributed by atoms with van der Waals surface area (Å²) in [5.74, 6) is -0.125. The molecular formula is C20H25O4P. The van der Waals surface area contributed by atoms with Crippen molar-refractivity contribution in [2.75, 3.05) is 13.2 Å². The quantitative estimate of drug-likeness (QED) is 0.547. The van der Waals surface area contributed by atoms with E-state index in [0.717, 1.165) is 5.56 Å². The Balaban J connectivity index is 2.27. The normalized spacial score (nSPS) is 12.7. The molecule has 0 radical (unpaired) electrons. The van der Waals surface area contributed by atoms with Gasteiger partial charge in [-0.3, -0.25) is 9.36 Å². The predicted molar refractivity (Wildman–Crippen MR) is 99.8 cm³/mol. The van der Waals surface area contributed by atoms with Crippen LogP contribution in [0.3, 0.4) is 0 Å². The molecule has 0 saturated carbocycles. The zero-order valence-electron chi connectivity index (χ0n) is 14.8. The number of benzene rings is 2. The number of carbonyl (C=O) groups is 1. The van der Waals surface area contributed by atoms with Crippen molar-refractivity contribution in [1.82, 2.24) is 0 Å². The highest BCUT2D eigenvalue weighted by Crippen LogP contribution is 2.61. The van der Waals surface area contributed by atoms with Crippen LogP contribution in [0.25, 0.3) is 0 Å². The highest BCUT2D eigenvalue weighted by atomic mass is 31.2. The Bertz CT molecular complexity index is 690. The molecule has 0 heterocycles. The van der Waals surface area contributed by atoms with Gasteiger partial charge in [-0.2, -0.15) is 0 Å². The van der Waals surface area contributed by atoms with Gasteiger partial charge in [-0.1, -0.05) is 60.7 Å². The number of rotatable bonds is 10. The number of Topliss-reactive ketones (excluding diaryl/α,β-unsaturated/α-hetero) is 1. The van der Waals surface area contributed by atoms with Gasteiger partial charge in [-0.25, -0.2) is 0 Å². The smallest absolute Gasteiger partial charge is 0.308 e. The maximum Gasteiger partial charge on any atom is 0.345 e. The highest BCUT2D eigenvalue weighted by Gasteiger charge is 2.41. The van der Waals surface area contributed by atoms with Gasteiger partial charge < -0.3 is 9.05 Å². The lowest BCUT2D eigenvalue weighted by atomic mass is 10.0. The zero-order valence-corrected chi connectivity index (χ0v) is 15.7. The number of ketones is 1. The van der Waals surface area contributed by atoms with Gasteiger partial charge in [-0.05, 0) is 31.4 Å². The van der Waals surface area contributed by atoms with Gasteiger partial charge in [0.05, 0.1) is 13.2 Å². The fourth-order valence-electron chi connectivity index (χ4n) is 2.78. The van der Waals surface area contributed by atoms with E-state index in [2.05, 4.69) is 0 Å². The molecule has 1 atom stereocenters. The van der Waals surface area contributed by atoms with E-state index in [1.165, 1.54) is 0 Å². The summed E-state index contributed by atoms with van der Waals surface area (Å²) in [6.45, 7) is 3.96. The van der Waals surface area contributed by atoms with Crippen LogP contribution in [-0.2, 0) is 24.8 Å². The largest absolute Gasteiger partial charge is 0.345 e. The van der Waals surface area contributed by atoms with E-state index in [-0.39, 0.29) is 25.4 Å². The molecule has 25 heavy (non-hydrogen) atoms. The maximum absolute atomic E-state index is 13.3. The highest BCUT2D eigenvalue weighted by molar-refractivity contribution is 7.55. The molecule has 0 aliphatic heterocycles. The van der Waals surface area contributed by atoms with Gasteiger partial charge in [-0.15, -0.1) is 0 Å². The fourth-order valence-corrected chi connectivity index (χ4v) is 4.89. The number of hydrogen-bond donors (Lipinski definition) is 0. The molecule has 0 aliphatic rings. The summed E-state index contributed by atoms with van der Waals surface area (Å²) in [5.41, 5.74) is 0.855. The first kappa shape index (κ1) is 19.6. The third-order valence-corrected chi connectivity index (χ3v) is 6.31. The van der Waals surface area contributed by atoms with Crippen LogP contribution in [0, 0.1) is 0 Å². The SMILES string of the molecule is CCOP(=O)(OCC)C(C(=O)CCc1ccccc1)c1ccccc1.